The molecule has 0 unspecified atom stereocenters. The number of hydrogen-bond donors (Lipinski definition) is 0. The monoisotopic (exact) mass is 632 g/mol. The Balaban J connectivity index is 1.57. The van der Waals surface area contributed by atoms with E-state index >= 15 is 0 Å². The zero-order valence-corrected chi connectivity index (χ0v) is 24.8. The van der Waals surface area contributed by atoms with Gasteiger partial charge in [-0.15, -0.1) is 11.3 Å². The Morgan fingerprint density at radius 2 is 1.97 bits per heavy atom. The van der Waals surface area contributed by atoms with Crippen molar-refractivity contribution < 1.29 is 9.47 Å². The van der Waals surface area contributed by atoms with Crippen molar-refractivity contribution in [3.8, 4) is 17.6 Å². The highest BCUT2D eigenvalue weighted by molar-refractivity contribution is 14.1. The van der Waals surface area contributed by atoms with Crippen molar-refractivity contribution in [1.29, 1.82) is 5.26 Å². The molecule has 0 amide bonds. The summed E-state index contributed by atoms with van der Waals surface area (Å²) in [4.78, 5) is 6.09. The SMILES string of the molecule is CCOc1cc(C=Nc2sc3c(c2C#N)CC[C@@H](C(C)(C)C)C3)cc(I)c1OCc1ccc(Cl)cc1. The maximum atomic E-state index is 9.89. The van der Waals surface area contributed by atoms with Gasteiger partial charge in [-0.2, -0.15) is 5.26 Å². The summed E-state index contributed by atoms with van der Waals surface area (Å²) in [6.07, 6.45) is 4.93. The summed E-state index contributed by atoms with van der Waals surface area (Å²) in [5, 5.41) is 11.4. The van der Waals surface area contributed by atoms with Crippen LogP contribution in [0.15, 0.2) is 41.4 Å². The Labute approximate surface area is 236 Å². The largest absolute Gasteiger partial charge is 0.490 e. The Hall–Kier alpha value is -2.08. The summed E-state index contributed by atoms with van der Waals surface area (Å²) in [6, 6.07) is 14.0. The number of benzene rings is 2. The highest BCUT2D eigenvalue weighted by Crippen LogP contribution is 2.45. The molecule has 0 aliphatic heterocycles. The molecule has 3 aromatic rings. The first-order valence-corrected chi connectivity index (χ1v) is 14.4. The molecule has 36 heavy (non-hydrogen) atoms. The molecule has 1 atom stereocenters. The highest BCUT2D eigenvalue weighted by atomic mass is 127. The number of rotatable bonds is 7. The number of ether oxygens (including phenoxy) is 2. The van der Waals surface area contributed by atoms with Gasteiger partial charge in [-0.25, -0.2) is 4.99 Å². The van der Waals surface area contributed by atoms with E-state index in [-0.39, 0.29) is 5.41 Å². The molecule has 7 heteroatoms. The standard InChI is InChI=1S/C29H30ClIN2O2S/c1-5-34-25-13-19(12-24(31)27(25)35-17-18-6-9-21(30)10-7-18)16-33-28-23(15-32)22-11-8-20(29(2,3)4)14-26(22)36-28/h6-7,9-10,12-13,16,20H,5,8,11,14,17H2,1-4H3/t20-/m1/s1. The van der Waals surface area contributed by atoms with E-state index in [4.69, 9.17) is 26.1 Å². The number of hydrogen-bond acceptors (Lipinski definition) is 5. The van der Waals surface area contributed by atoms with E-state index in [1.807, 2.05) is 49.5 Å². The van der Waals surface area contributed by atoms with E-state index in [0.29, 0.717) is 35.7 Å². The van der Waals surface area contributed by atoms with Gasteiger partial charge >= 0.3 is 0 Å². The lowest BCUT2D eigenvalue weighted by molar-refractivity contribution is 0.218. The predicted octanol–water partition coefficient (Wildman–Crippen LogP) is 8.76. The molecule has 1 heterocycles. The fourth-order valence-corrected chi connectivity index (χ4v) is 6.58. The lowest BCUT2D eigenvalue weighted by Gasteiger charge is -2.33. The van der Waals surface area contributed by atoms with Gasteiger partial charge in [-0.1, -0.05) is 44.5 Å². The van der Waals surface area contributed by atoms with Gasteiger partial charge in [0.2, 0.25) is 0 Å². The van der Waals surface area contributed by atoms with Crippen LogP contribution in [0.2, 0.25) is 5.02 Å². The second kappa shape index (κ2) is 11.5. The van der Waals surface area contributed by atoms with Crippen molar-refractivity contribution in [2.45, 2.75) is 53.6 Å². The third-order valence-corrected chi connectivity index (χ3v) is 8.76. The van der Waals surface area contributed by atoms with Crippen LogP contribution in [0.4, 0.5) is 5.00 Å². The molecular weight excluding hydrogens is 603 g/mol. The van der Waals surface area contributed by atoms with Gasteiger partial charge in [0, 0.05) is 16.1 Å². The first-order valence-electron chi connectivity index (χ1n) is 12.1. The van der Waals surface area contributed by atoms with E-state index < -0.39 is 0 Å². The second-order valence-corrected chi connectivity index (χ2v) is 12.7. The number of fused-ring (bicyclic) bond motifs is 1. The van der Waals surface area contributed by atoms with Crippen molar-refractivity contribution in [2.24, 2.45) is 16.3 Å². The second-order valence-electron chi connectivity index (χ2n) is 10.0. The van der Waals surface area contributed by atoms with Gasteiger partial charge in [0.25, 0.3) is 0 Å². The maximum absolute atomic E-state index is 9.89. The van der Waals surface area contributed by atoms with Crippen LogP contribution in [0, 0.1) is 26.2 Å². The molecule has 0 saturated heterocycles. The molecule has 0 fully saturated rings. The molecule has 188 valence electrons. The average Bonchev–Trinajstić information content (AvgIpc) is 3.19. The zero-order chi connectivity index (χ0) is 25.9. The molecule has 2 aromatic carbocycles. The first kappa shape index (κ1) is 27.0. The lowest BCUT2D eigenvalue weighted by atomic mass is 9.72. The predicted molar refractivity (Wildman–Crippen MR) is 157 cm³/mol. The van der Waals surface area contributed by atoms with Crippen molar-refractivity contribution >= 4 is 56.7 Å². The lowest BCUT2D eigenvalue weighted by Crippen LogP contribution is -2.26. The van der Waals surface area contributed by atoms with Gasteiger partial charge in [-0.05, 0) is 101 Å². The van der Waals surface area contributed by atoms with Gasteiger partial charge in [-0.3, -0.25) is 0 Å². The van der Waals surface area contributed by atoms with E-state index in [9.17, 15) is 5.26 Å². The molecule has 0 bridgehead atoms. The van der Waals surface area contributed by atoms with Crippen LogP contribution in [0.5, 0.6) is 11.5 Å². The molecule has 4 nitrogen and oxygen atoms in total. The van der Waals surface area contributed by atoms with Crippen molar-refractivity contribution in [3.05, 3.63) is 72.1 Å². The third kappa shape index (κ3) is 6.24. The smallest absolute Gasteiger partial charge is 0.175 e. The van der Waals surface area contributed by atoms with Crippen LogP contribution in [0.1, 0.15) is 61.2 Å². The summed E-state index contributed by atoms with van der Waals surface area (Å²) >= 11 is 9.93. The van der Waals surface area contributed by atoms with E-state index in [2.05, 4.69) is 49.4 Å². The van der Waals surface area contributed by atoms with Crippen molar-refractivity contribution in [1.82, 2.24) is 0 Å². The van der Waals surface area contributed by atoms with Crippen molar-refractivity contribution in [2.75, 3.05) is 6.61 Å². The summed E-state index contributed by atoms with van der Waals surface area (Å²) < 4.78 is 13.0. The fraction of sp³-hybridized carbons (Fsp3) is 0.379. The molecule has 0 spiro atoms. The molecule has 1 aromatic heterocycles. The first-order chi connectivity index (χ1) is 17.2. The Morgan fingerprint density at radius 3 is 2.64 bits per heavy atom. The average molecular weight is 633 g/mol. The number of thiophene rings is 1. The minimum absolute atomic E-state index is 0.266. The summed E-state index contributed by atoms with van der Waals surface area (Å²) in [7, 11) is 0. The van der Waals surface area contributed by atoms with Gasteiger partial charge < -0.3 is 9.47 Å². The van der Waals surface area contributed by atoms with Crippen LogP contribution in [-0.4, -0.2) is 12.8 Å². The normalized spacial score (nSPS) is 15.5. The quantitative estimate of drug-likeness (QED) is 0.193. The Bertz CT molecular complexity index is 1300. The molecule has 0 radical (unpaired) electrons. The Morgan fingerprint density at radius 1 is 1.22 bits per heavy atom. The van der Waals surface area contributed by atoms with Crippen LogP contribution in [-0.2, 0) is 19.4 Å². The zero-order valence-electron chi connectivity index (χ0n) is 21.0. The van der Waals surface area contributed by atoms with Crippen LogP contribution in [0.25, 0.3) is 0 Å². The van der Waals surface area contributed by atoms with Crippen molar-refractivity contribution in [3.63, 3.8) is 0 Å². The van der Waals surface area contributed by atoms with E-state index in [1.54, 1.807) is 11.3 Å². The highest BCUT2D eigenvalue weighted by Gasteiger charge is 2.32. The van der Waals surface area contributed by atoms with E-state index in [1.165, 1.54) is 10.4 Å². The molecule has 1 aliphatic rings. The van der Waals surface area contributed by atoms with E-state index in [0.717, 1.165) is 44.5 Å². The van der Waals surface area contributed by atoms with Crippen LogP contribution >= 0.6 is 45.5 Å². The molecule has 4 rings (SSSR count). The molecular formula is C29H30ClIN2O2S. The minimum atomic E-state index is 0.266. The number of nitrogens with zero attached hydrogens (tertiary/aromatic N) is 2. The number of nitriles is 1. The number of aliphatic imine (C=N–C) groups is 1. The topological polar surface area (TPSA) is 54.6 Å². The number of halogens is 2. The van der Waals surface area contributed by atoms with Crippen LogP contribution in [0.3, 0.4) is 0 Å². The van der Waals surface area contributed by atoms with Gasteiger partial charge in [0.15, 0.2) is 11.5 Å². The molecule has 0 saturated carbocycles. The molecule has 1 aliphatic carbocycles. The molecule has 0 N–H and O–H groups in total. The van der Waals surface area contributed by atoms with Crippen LogP contribution < -0.4 is 9.47 Å². The summed E-state index contributed by atoms with van der Waals surface area (Å²) in [6.45, 7) is 9.82. The fourth-order valence-electron chi connectivity index (χ4n) is 4.45. The van der Waals surface area contributed by atoms with Gasteiger partial charge in [0.1, 0.15) is 17.7 Å². The summed E-state index contributed by atoms with van der Waals surface area (Å²) in [5.74, 6) is 2.02. The maximum Gasteiger partial charge on any atom is 0.175 e. The Kier molecular flexibility index (Phi) is 8.64. The summed E-state index contributed by atoms with van der Waals surface area (Å²) in [5.41, 5.74) is 4.14. The third-order valence-electron chi connectivity index (χ3n) is 6.54. The minimum Gasteiger partial charge on any atom is -0.490 e. The van der Waals surface area contributed by atoms with Gasteiger partial charge in [0.05, 0.1) is 15.7 Å².